The third kappa shape index (κ3) is 2.48. The van der Waals surface area contributed by atoms with Crippen LogP contribution in [0.3, 0.4) is 0 Å². The van der Waals surface area contributed by atoms with Crippen molar-refractivity contribution in [3.8, 4) is 0 Å². The van der Waals surface area contributed by atoms with Gasteiger partial charge in [0.1, 0.15) is 0 Å². The Morgan fingerprint density at radius 2 is 1.35 bits per heavy atom. The SMILES string of the molecule is Cc1cccc(C(=O)C(=O)c2ccccc2)c1. The van der Waals surface area contributed by atoms with Crippen LogP contribution in [0.2, 0.25) is 0 Å². The van der Waals surface area contributed by atoms with Crippen molar-refractivity contribution in [2.45, 2.75) is 6.92 Å². The molecule has 0 saturated heterocycles. The summed E-state index contributed by atoms with van der Waals surface area (Å²) in [5.74, 6) is -0.920. The molecule has 0 unspecified atom stereocenters. The molecule has 0 aliphatic rings. The van der Waals surface area contributed by atoms with Gasteiger partial charge in [0.2, 0.25) is 11.6 Å². The number of carbonyl (C=O) groups excluding carboxylic acids is 2. The smallest absolute Gasteiger partial charge is 0.233 e. The molecule has 0 bridgehead atoms. The molecule has 0 aliphatic heterocycles. The zero-order valence-corrected chi connectivity index (χ0v) is 9.51. The molecule has 2 aromatic carbocycles. The highest BCUT2D eigenvalue weighted by Crippen LogP contribution is 2.09. The van der Waals surface area contributed by atoms with E-state index >= 15 is 0 Å². The van der Waals surface area contributed by atoms with Gasteiger partial charge in [-0.15, -0.1) is 0 Å². The quantitative estimate of drug-likeness (QED) is 0.593. The van der Waals surface area contributed by atoms with E-state index in [0.717, 1.165) is 5.56 Å². The summed E-state index contributed by atoms with van der Waals surface area (Å²) < 4.78 is 0. The molecule has 0 spiro atoms. The van der Waals surface area contributed by atoms with E-state index in [1.807, 2.05) is 19.1 Å². The minimum Gasteiger partial charge on any atom is -0.285 e. The van der Waals surface area contributed by atoms with Crippen LogP contribution in [-0.2, 0) is 0 Å². The Hall–Kier alpha value is -2.22. The van der Waals surface area contributed by atoms with E-state index in [9.17, 15) is 9.59 Å². The van der Waals surface area contributed by atoms with E-state index in [1.54, 1.807) is 42.5 Å². The Bertz CT molecular complexity index is 556. The molecule has 0 aromatic heterocycles. The Labute approximate surface area is 99.9 Å². The van der Waals surface area contributed by atoms with Crippen molar-refractivity contribution in [2.24, 2.45) is 0 Å². The van der Waals surface area contributed by atoms with Crippen molar-refractivity contribution in [1.29, 1.82) is 0 Å². The van der Waals surface area contributed by atoms with Crippen LogP contribution in [0.25, 0.3) is 0 Å². The monoisotopic (exact) mass is 224 g/mol. The van der Waals surface area contributed by atoms with Crippen LogP contribution in [0.1, 0.15) is 26.3 Å². The number of carbonyl (C=O) groups is 2. The largest absolute Gasteiger partial charge is 0.285 e. The number of hydrogen-bond acceptors (Lipinski definition) is 2. The first-order valence-corrected chi connectivity index (χ1v) is 5.39. The van der Waals surface area contributed by atoms with Crippen molar-refractivity contribution in [2.75, 3.05) is 0 Å². The van der Waals surface area contributed by atoms with E-state index in [0.29, 0.717) is 11.1 Å². The van der Waals surface area contributed by atoms with E-state index in [-0.39, 0.29) is 0 Å². The molecule has 0 atom stereocenters. The molecular weight excluding hydrogens is 212 g/mol. The van der Waals surface area contributed by atoms with Crippen LogP contribution in [-0.4, -0.2) is 11.6 Å². The van der Waals surface area contributed by atoms with Crippen LogP contribution in [0.15, 0.2) is 54.6 Å². The predicted octanol–water partition coefficient (Wildman–Crippen LogP) is 3.06. The van der Waals surface area contributed by atoms with E-state index in [2.05, 4.69) is 0 Å². The average Bonchev–Trinajstić information content (AvgIpc) is 2.38. The molecule has 2 aromatic rings. The van der Waals surface area contributed by atoms with Gasteiger partial charge >= 0.3 is 0 Å². The molecule has 0 N–H and O–H groups in total. The molecule has 0 saturated carbocycles. The maximum absolute atomic E-state index is 11.9. The summed E-state index contributed by atoms with van der Waals surface area (Å²) in [6.45, 7) is 1.89. The second-order valence-electron chi connectivity index (χ2n) is 3.89. The van der Waals surface area contributed by atoms with Crippen molar-refractivity contribution >= 4 is 11.6 Å². The van der Waals surface area contributed by atoms with Crippen LogP contribution in [0.5, 0.6) is 0 Å². The van der Waals surface area contributed by atoms with Gasteiger partial charge < -0.3 is 0 Å². The van der Waals surface area contributed by atoms with E-state index in [1.165, 1.54) is 0 Å². The molecule has 0 heterocycles. The highest BCUT2D eigenvalue weighted by atomic mass is 16.2. The maximum atomic E-state index is 11.9. The Balaban J connectivity index is 2.30. The summed E-state index contributed by atoms with van der Waals surface area (Å²) >= 11 is 0. The summed E-state index contributed by atoms with van der Waals surface area (Å²) in [7, 11) is 0. The van der Waals surface area contributed by atoms with Crippen LogP contribution >= 0.6 is 0 Å². The lowest BCUT2D eigenvalue weighted by Crippen LogP contribution is -2.14. The Morgan fingerprint density at radius 3 is 2.00 bits per heavy atom. The second kappa shape index (κ2) is 4.74. The van der Waals surface area contributed by atoms with Gasteiger partial charge in [-0.2, -0.15) is 0 Å². The molecule has 0 radical (unpaired) electrons. The molecule has 0 amide bonds. The summed E-state index contributed by atoms with van der Waals surface area (Å²) in [5, 5.41) is 0. The molecule has 0 fully saturated rings. The molecule has 84 valence electrons. The number of Topliss-reactive ketones (excluding diaryl/α,β-unsaturated/α-hetero) is 2. The first-order chi connectivity index (χ1) is 8.18. The summed E-state index contributed by atoms with van der Waals surface area (Å²) in [4.78, 5) is 23.9. The normalized spacial score (nSPS) is 9.94. The first-order valence-electron chi connectivity index (χ1n) is 5.39. The van der Waals surface area contributed by atoms with Gasteiger partial charge in [-0.25, -0.2) is 0 Å². The first kappa shape index (κ1) is 11.3. The van der Waals surface area contributed by atoms with Crippen LogP contribution < -0.4 is 0 Å². The summed E-state index contributed by atoms with van der Waals surface area (Å²) in [6.07, 6.45) is 0. The average molecular weight is 224 g/mol. The lowest BCUT2D eigenvalue weighted by Gasteiger charge is -2.01. The fraction of sp³-hybridized carbons (Fsp3) is 0.0667. The molecule has 2 rings (SSSR count). The van der Waals surface area contributed by atoms with Crippen molar-refractivity contribution < 1.29 is 9.59 Å². The highest BCUT2D eigenvalue weighted by molar-refractivity contribution is 6.49. The molecule has 17 heavy (non-hydrogen) atoms. The van der Waals surface area contributed by atoms with Gasteiger partial charge in [0, 0.05) is 11.1 Å². The van der Waals surface area contributed by atoms with Crippen LogP contribution in [0.4, 0.5) is 0 Å². The van der Waals surface area contributed by atoms with Crippen molar-refractivity contribution in [3.05, 3.63) is 71.3 Å². The molecular formula is C15H12O2. The van der Waals surface area contributed by atoms with Gasteiger partial charge in [-0.1, -0.05) is 54.1 Å². The number of rotatable bonds is 3. The van der Waals surface area contributed by atoms with Gasteiger partial charge in [-0.05, 0) is 13.0 Å². The van der Waals surface area contributed by atoms with Crippen molar-refractivity contribution in [1.82, 2.24) is 0 Å². The maximum Gasteiger partial charge on any atom is 0.233 e. The van der Waals surface area contributed by atoms with Gasteiger partial charge in [0.05, 0.1) is 0 Å². The minimum absolute atomic E-state index is 0.430. The lowest BCUT2D eigenvalue weighted by atomic mass is 10.0. The fourth-order valence-electron chi connectivity index (χ4n) is 1.64. The van der Waals surface area contributed by atoms with Crippen LogP contribution in [0, 0.1) is 6.92 Å². The predicted molar refractivity (Wildman–Crippen MR) is 66.3 cm³/mol. The molecule has 2 heteroatoms. The highest BCUT2D eigenvalue weighted by Gasteiger charge is 2.17. The summed E-state index contributed by atoms with van der Waals surface area (Å²) in [5.41, 5.74) is 1.84. The van der Waals surface area contributed by atoms with E-state index < -0.39 is 11.6 Å². The van der Waals surface area contributed by atoms with Gasteiger partial charge in [0.15, 0.2) is 0 Å². The minimum atomic E-state index is -0.462. The standard InChI is InChI=1S/C15H12O2/c1-11-6-5-9-13(10-11)15(17)14(16)12-7-3-2-4-8-12/h2-10H,1H3. The topological polar surface area (TPSA) is 34.1 Å². The van der Waals surface area contributed by atoms with E-state index in [4.69, 9.17) is 0 Å². The number of ketones is 2. The second-order valence-corrected chi connectivity index (χ2v) is 3.89. The molecule has 2 nitrogen and oxygen atoms in total. The van der Waals surface area contributed by atoms with Crippen molar-refractivity contribution in [3.63, 3.8) is 0 Å². The summed E-state index contributed by atoms with van der Waals surface area (Å²) in [6, 6.07) is 15.7. The lowest BCUT2D eigenvalue weighted by molar-refractivity contribution is 0.0817. The van der Waals surface area contributed by atoms with Gasteiger partial charge in [0.25, 0.3) is 0 Å². The number of hydrogen-bond donors (Lipinski definition) is 0. The molecule has 0 aliphatic carbocycles. The number of benzene rings is 2. The number of aryl methyl sites for hydroxylation is 1. The Morgan fingerprint density at radius 1 is 0.765 bits per heavy atom. The zero-order valence-electron chi connectivity index (χ0n) is 9.51. The third-order valence-electron chi connectivity index (χ3n) is 2.52. The zero-order chi connectivity index (χ0) is 12.3. The fourth-order valence-corrected chi connectivity index (χ4v) is 1.64. The van der Waals surface area contributed by atoms with Gasteiger partial charge in [-0.3, -0.25) is 9.59 Å². The Kier molecular flexibility index (Phi) is 3.15. The third-order valence-corrected chi connectivity index (χ3v) is 2.52.